The molecule has 166 valence electrons. The summed E-state index contributed by atoms with van der Waals surface area (Å²) in [5.41, 5.74) is 0.463. The summed E-state index contributed by atoms with van der Waals surface area (Å²) < 4.78 is 18.5. The molecule has 1 saturated carbocycles. The van der Waals surface area contributed by atoms with E-state index in [0.29, 0.717) is 26.4 Å². The van der Waals surface area contributed by atoms with Crippen LogP contribution in [0.2, 0.25) is 0 Å². The van der Waals surface area contributed by atoms with Crippen LogP contribution in [0.15, 0.2) is 24.3 Å². The predicted molar refractivity (Wildman–Crippen MR) is 109 cm³/mol. The van der Waals surface area contributed by atoms with E-state index in [9.17, 15) is 9.59 Å². The lowest BCUT2D eigenvalue weighted by Crippen LogP contribution is -2.64. The van der Waals surface area contributed by atoms with Crippen molar-refractivity contribution in [1.82, 2.24) is 4.90 Å². The van der Waals surface area contributed by atoms with Gasteiger partial charge in [0.05, 0.1) is 38.3 Å². The highest BCUT2D eigenvalue weighted by Crippen LogP contribution is 2.63. The molecule has 31 heavy (non-hydrogen) atoms. The lowest BCUT2D eigenvalue weighted by Gasteiger charge is -2.49. The zero-order chi connectivity index (χ0) is 21.5. The molecule has 6 aliphatic rings. The van der Waals surface area contributed by atoms with Gasteiger partial charge >= 0.3 is 5.97 Å². The molecule has 0 aromatic heterocycles. The lowest BCUT2D eigenvalue weighted by molar-refractivity contribution is -0.192. The van der Waals surface area contributed by atoms with Crippen LogP contribution in [0.5, 0.6) is 0 Å². The third-order valence-electron chi connectivity index (χ3n) is 8.53. The number of para-hydroxylation sites is 1. The Bertz CT molecular complexity index is 954. The normalized spacial score (nSPS) is 42.7. The van der Waals surface area contributed by atoms with Crippen LogP contribution in [-0.4, -0.2) is 67.6 Å². The highest BCUT2D eigenvalue weighted by Gasteiger charge is 2.74. The summed E-state index contributed by atoms with van der Waals surface area (Å²) in [5.74, 6) is -0.253. The first-order valence-electron chi connectivity index (χ1n) is 11.1. The monoisotopic (exact) mass is 428 g/mol. The number of hydrogen-bond acceptors (Lipinski definition) is 7. The van der Waals surface area contributed by atoms with Gasteiger partial charge in [0.25, 0.3) is 5.91 Å². The Kier molecular flexibility index (Phi) is 4.13. The first-order valence-corrected chi connectivity index (χ1v) is 11.1. The maximum Gasteiger partial charge on any atom is 0.303 e. The minimum atomic E-state index is -0.969. The molecule has 0 N–H and O–H groups in total. The van der Waals surface area contributed by atoms with Gasteiger partial charge in [0.2, 0.25) is 0 Å². The number of rotatable bonds is 3. The highest BCUT2D eigenvalue weighted by molar-refractivity contribution is 6.07. The molecule has 1 spiro atoms. The SMILES string of the molecule is CC[C@@]12COCN1[C@@H]1C[C@@]3(C(=O)N(OC)c4ccccc43)[C@@H]3OC[C@@H]1[C@@H]2[C@@H]3OC(C)=O. The zero-order valence-electron chi connectivity index (χ0n) is 18.1. The number of benzene rings is 1. The van der Waals surface area contributed by atoms with E-state index >= 15 is 0 Å². The molecular formula is C23H28N2O6. The number of nitrogens with zero attached hydrogens (tertiary/aromatic N) is 2. The van der Waals surface area contributed by atoms with Crippen molar-refractivity contribution in [2.75, 3.05) is 32.1 Å². The lowest BCUT2D eigenvalue weighted by atomic mass is 9.67. The van der Waals surface area contributed by atoms with Gasteiger partial charge < -0.3 is 14.2 Å². The summed E-state index contributed by atoms with van der Waals surface area (Å²) in [6.45, 7) is 5.32. The smallest absolute Gasteiger partial charge is 0.303 e. The average Bonchev–Trinajstić information content (AvgIpc) is 3.29. The second kappa shape index (κ2) is 6.51. The summed E-state index contributed by atoms with van der Waals surface area (Å²) in [6, 6.07) is 7.83. The maximum absolute atomic E-state index is 14.0. The molecule has 1 aliphatic carbocycles. The van der Waals surface area contributed by atoms with Crippen molar-refractivity contribution in [3.8, 4) is 0 Å². The fourth-order valence-corrected chi connectivity index (χ4v) is 7.46. The van der Waals surface area contributed by atoms with Crippen LogP contribution in [0.25, 0.3) is 0 Å². The summed E-state index contributed by atoms with van der Waals surface area (Å²) in [4.78, 5) is 34.2. The summed E-state index contributed by atoms with van der Waals surface area (Å²) >= 11 is 0. The molecular weight excluding hydrogens is 400 g/mol. The van der Waals surface area contributed by atoms with Crippen molar-refractivity contribution in [2.24, 2.45) is 11.8 Å². The van der Waals surface area contributed by atoms with Gasteiger partial charge in [-0.05, 0) is 24.5 Å². The largest absolute Gasteiger partial charge is 0.459 e. The molecule has 1 amide bonds. The molecule has 1 aromatic carbocycles. The van der Waals surface area contributed by atoms with Crippen molar-refractivity contribution in [3.05, 3.63) is 29.8 Å². The zero-order valence-corrected chi connectivity index (χ0v) is 18.1. The number of hydrogen-bond donors (Lipinski definition) is 0. The van der Waals surface area contributed by atoms with Crippen LogP contribution < -0.4 is 5.06 Å². The van der Waals surface area contributed by atoms with E-state index in [4.69, 9.17) is 19.0 Å². The summed E-state index contributed by atoms with van der Waals surface area (Å²) in [7, 11) is 1.51. The standard InChI is InChI=1S/C23H28N2O6/c1-4-22-11-29-12-24(22)17-9-23(15-7-5-6-8-16(15)25(28-3)21(23)27)20-19(31-13(2)26)18(22)14(17)10-30-20/h5-8,14,17-20H,4,9-12H2,1-3H3/t14-,17+,18+,19-,20+,22-,23-/m0/s1. The molecule has 1 aromatic rings. The summed E-state index contributed by atoms with van der Waals surface area (Å²) in [6.07, 6.45) is 0.401. The Labute approximate surface area is 181 Å². The average molecular weight is 428 g/mol. The van der Waals surface area contributed by atoms with Crippen molar-refractivity contribution in [1.29, 1.82) is 0 Å². The minimum Gasteiger partial charge on any atom is -0.459 e. The topological polar surface area (TPSA) is 77.5 Å². The molecule has 7 rings (SSSR count). The number of amides is 1. The van der Waals surface area contributed by atoms with Crippen molar-refractivity contribution in [3.63, 3.8) is 0 Å². The number of esters is 1. The van der Waals surface area contributed by atoms with Gasteiger partial charge in [-0.15, -0.1) is 0 Å². The molecule has 5 aliphatic heterocycles. The van der Waals surface area contributed by atoms with E-state index in [2.05, 4.69) is 11.8 Å². The van der Waals surface area contributed by atoms with Crippen molar-refractivity contribution < 1.29 is 28.6 Å². The Morgan fingerprint density at radius 1 is 1.32 bits per heavy atom. The van der Waals surface area contributed by atoms with Crippen LogP contribution in [0.4, 0.5) is 5.69 Å². The number of carbonyl (C=O) groups excluding carboxylic acids is 2. The van der Waals surface area contributed by atoms with Gasteiger partial charge in [-0.25, -0.2) is 0 Å². The van der Waals surface area contributed by atoms with Crippen molar-refractivity contribution >= 4 is 17.6 Å². The fraction of sp³-hybridized carbons (Fsp3) is 0.652. The van der Waals surface area contributed by atoms with Crippen LogP contribution in [0.3, 0.4) is 0 Å². The third-order valence-corrected chi connectivity index (χ3v) is 8.53. The van der Waals surface area contributed by atoms with Gasteiger partial charge in [0.15, 0.2) is 0 Å². The Hall–Kier alpha value is -2.00. The number of hydroxylamine groups is 1. The third kappa shape index (κ3) is 2.19. The quantitative estimate of drug-likeness (QED) is 0.677. The van der Waals surface area contributed by atoms with Crippen molar-refractivity contribution in [2.45, 2.75) is 55.9 Å². The van der Waals surface area contributed by atoms with Crippen LogP contribution >= 0.6 is 0 Å². The second-order valence-corrected chi connectivity index (χ2v) is 9.46. The molecule has 4 saturated heterocycles. The van der Waals surface area contributed by atoms with Gasteiger partial charge in [-0.1, -0.05) is 25.1 Å². The highest BCUT2D eigenvalue weighted by atomic mass is 16.7. The van der Waals surface area contributed by atoms with Crippen LogP contribution in [0.1, 0.15) is 32.3 Å². The molecule has 0 unspecified atom stereocenters. The maximum atomic E-state index is 14.0. The number of fused-ring (bicyclic) bond motifs is 3. The second-order valence-electron chi connectivity index (χ2n) is 9.46. The Morgan fingerprint density at radius 2 is 2.13 bits per heavy atom. The Balaban J connectivity index is 1.58. The molecule has 8 nitrogen and oxygen atoms in total. The number of anilines is 1. The van der Waals surface area contributed by atoms with E-state index in [1.165, 1.54) is 19.1 Å². The molecule has 8 heteroatoms. The van der Waals surface area contributed by atoms with Gasteiger partial charge in [0.1, 0.15) is 17.6 Å². The van der Waals surface area contributed by atoms with Gasteiger partial charge in [0, 0.05) is 24.8 Å². The van der Waals surface area contributed by atoms with Crippen LogP contribution in [-0.2, 0) is 34.1 Å². The fourth-order valence-electron chi connectivity index (χ4n) is 7.46. The molecule has 4 bridgehead atoms. The first-order chi connectivity index (χ1) is 15.0. The Morgan fingerprint density at radius 3 is 2.87 bits per heavy atom. The molecule has 5 heterocycles. The molecule has 0 radical (unpaired) electrons. The minimum absolute atomic E-state index is 0.0589. The van der Waals surface area contributed by atoms with E-state index in [-0.39, 0.29) is 35.3 Å². The first kappa shape index (κ1) is 19.7. The van der Waals surface area contributed by atoms with Gasteiger partial charge in [-0.3, -0.25) is 19.3 Å². The number of carbonyl (C=O) groups is 2. The van der Waals surface area contributed by atoms with E-state index in [1.807, 2.05) is 24.3 Å². The van der Waals surface area contributed by atoms with E-state index in [0.717, 1.165) is 17.7 Å². The number of ether oxygens (including phenoxy) is 3. The predicted octanol–water partition coefficient (Wildman–Crippen LogP) is 1.62. The van der Waals surface area contributed by atoms with E-state index < -0.39 is 17.6 Å². The van der Waals surface area contributed by atoms with Gasteiger partial charge in [-0.2, -0.15) is 5.06 Å². The van der Waals surface area contributed by atoms with E-state index in [1.54, 1.807) is 0 Å². The molecule has 7 atom stereocenters. The summed E-state index contributed by atoms with van der Waals surface area (Å²) in [5, 5.41) is 1.38. The molecule has 5 fully saturated rings. The van der Waals surface area contributed by atoms with Crippen LogP contribution in [0, 0.1) is 11.8 Å².